The summed E-state index contributed by atoms with van der Waals surface area (Å²) in [5, 5.41) is 2.92. The predicted octanol–water partition coefficient (Wildman–Crippen LogP) is 1.60. The van der Waals surface area contributed by atoms with Gasteiger partial charge in [0.2, 0.25) is 5.91 Å². The maximum Gasteiger partial charge on any atom is 0.317 e. The van der Waals surface area contributed by atoms with Crippen molar-refractivity contribution in [3.8, 4) is 0 Å². The van der Waals surface area contributed by atoms with Crippen LogP contribution in [0.3, 0.4) is 0 Å². The van der Waals surface area contributed by atoms with E-state index in [0.717, 1.165) is 71.3 Å². The number of carbonyl (C=O) groups is 2. The first-order valence-electron chi connectivity index (χ1n) is 9.15. The summed E-state index contributed by atoms with van der Waals surface area (Å²) in [6.07, 6.45) is 5.72. The van der Waals surface area contributed by atoms with Crippen LogP contribution < -0.4 is 5.32 Å². The molecule has 3 fully saturated rings. The summed E-state index contributed by atoms with van der Waals surface area (Å²) >= 11 is 0. The van der Waals surface area contributed by atoms with Crippen LogP contribution in [0, 0.1) is 5.92 Å². The topological polar surface area (TPSA) is 61.9 Å². The van der Waals surface area contributed by atoms with Crippen LogP contribution in [0.4, 0.5) is 4.79 Å². The first kappa shape index (κ1) is 16.6. The average Bonchev–Trinajstić information content (AvgIpc) is 2.61. The lowest BCUT2D eigenvalue weighted by molar-refractivity contribution is -0.146. The summed E-state index contributed by atoms with van der Waals surface area (Å²) in [5.41, 5.74) is 0. The maximum absolute atomic E-state index is 12.8. The fourth-order valence-corrected chi connectivity index (χ4v) is 4.15. The van der Waals surface area contributed by atoms with E-state index in [-0.39, 0.29) is 30.0 Å². The van der Waals surface area contributed by atoms with Gasteiger partial charge in [0.05, 0.1) is 12.0 Å². The quantitative estimate of drug-likeness (QED) is 0.858. The molecule has 0 unspecified atom stereocenters. The number of hydrogen-bond acceptors (Lipinski definition) is 3. The molecule has 0 saturated carbocycles. The lowest BCUT2D eigenvalue weighted by Crippen LogP contribution is -2.55. The molecule has 3 saturated heterocycles. The molecule has 2 atom stereocenters. The maximum atomic E-state index is 12.8. The predicted molar refractivity (Wildman–Crippen MR) is 87.1 cm³/mol. The third-order valence-electron chi connectivity index (χ3n) is 5.49. The lowest BCUT2D eigenvalue weighted by atomic mass is 9.90. The number of urea groups is 1. The molecule has 23 heavy (non-hydrogen) atoms. The van der Waals surface area contributed by atoms with Crippen molar-refractivity contribution in [1.29, 1.82) is 0 Å². The van der Waals surface area contributed by atoms with Crippen LogP contribution in [0.15, 0.2) is 0 Å². The summed E-state index contributed by atoms with van der Waals surface area (Å²) in [7, 11) is 0. The van der Waals surface area contributed by atoms with E-state index in [1.165, 1.54) is 0 Å². The van der Waals surface area contributed by atoms with Crippen molar-refractivity contribution in [2.24, 2.45) is 5.92 Å². The molecule has 0 spiro atoms. The van der Waals surface area contributed by atoms with Crippen molar-refractivity contribution in [2.45, 2.75) is 57.6 Å². The van der Waals surface area contributed by atoms with Gasteiger partial charge in [-0.1, -0.05) is 6.92 Å². The van der Waals surface area contributed by atoms with Gasteiger partial charge in [0.1, 0.15) is 0 Å². The molecule has 0 aromatic rings. The molecule has 3 aliphatic rings. The minimum Gasteiger partial charge on any atom is -0.377 e. The number of hydrogen-bond donors (Lipinski definition) is 1. The molecule has 6 nitrogen and oxygen atoms in total. The molecule has 3 heterocycles. The number of amides is 3. The van der Waals surface area contributed by atoms with E-state index >= 15 is 0 Å². The van der Waals surface area contributed by atoms with Crippen molar-refractivity contribution in [1.82, 2.24) is 15.1 Å². The van der Waals surface area contributed by atoms with Gasteiger partial charge in [-0.3, -0.25) is 4.79 Å². The van der Waals surface area contributed by atoms with E-state index in [0.29, 0.717) is 0 Å². The normalized spacial score (nSPS) is 30.2. The van der Waals surface area contributed by atoms with Gasteiger partial charge in [0, 0.05) is 38.8 Å². The largest absolute Gasteiger partial charge is 0.377 e. The number of nitrogens with one attached hydrogen (secondary N) is 1. The Bertz CT molecular complexity index is 435. The molecule has 3 amide bonds. The summed E-state index contributed by atoms with van der Waals surface area (Å²) in [4.78, 5) is 28.7. The molecule has 3 aliphatic heterocycles. The fraction of sp³-hybridized carbons (Fsp3) is 0.882. The standard InChI is InChI=1S/C17H29N3O3/c1-2-15-14(5-3-12-23-15)16(21)19-10-6-13(7-11-19)20-9-4-8-18-17(20)22/h13-15H,2-12H2,1H3,(H,18,22)/t14-,15+/m0/s1. The van der Waals surface area contributed by atoms with Gasteiger partial charge < -0.3 is 19.9 Å². The molecule has 6 heteroatoms. The Labute approximate surface area is 138 Å². The van der Waals surface area contributed by atoms with Gasteiger partial charge in [-0.2, -0.15) is 0 Å². The Hall–Kier alpha value is -1.30. The summed E-state index contributed by atoms with van der Waals surface area (Å²) < 4.78 is 5.77. The molecule has 0 aromatic carbocycles. The smallest absolute Gasteiger partial charge is 0.317 e. The van der Waals surface area contributed by atoms with Gasteiger partial charge >= 0.3 is 6.03 Å². The zero-order chi connectivity index (χ0) is 16.2. The summed E-state index contributed by atoms with van der Waals surface area (Å²) in [6, 6.07) is 0.344. The number of ether oxygens (including phenoxy) is 1. The van der Waals surface area contributed by atoms with Crippen molar-refractivity contribution in [3.05, 3.63) is 0 Å². The second-order valence-electron chi connectivity index (χ2n) is 6.90. The van der Waals surface area contributed by atoms with Crippen LogP contribution in [-0.2, 0) is 9.53 Å². The van der Waals surface area contributed by atoms with Crippen LogP contribution in [0.1, 0.15) is 45.4 Å². The highest BCUT2D eigenvalue weighted by Gasteiger charge is 2.36. The van der Waals surface area contributed by atoms with Crippen LogP contribution in [0.2, 0.25) is 0 Å². The molecule has 130 valence electrons. The minimum absolute atomic E-state index is 0.0311. The van der Waals surface area contributed by atoms with E-state index in [9.17, 15) is 9.59 Å². The molecule has 0 aliphatic carbocycles. The Kier molecular flexibility index (Phi) is 5.41. The molecule has 0 bridgehead atoms. The molecular formula is C17H29N3O3. The molecule has 0 aromatic heterocycles. The highest BCUT2D eigenvalue weighted by molar-refractivity contribution is 5.80. The Morgan fingerprint density at radius 2 is 2.00 bits per heavy atom. The van der Waals surface area contributed by atoms with Gasteiger partial charge in [-0.05, 0) is 38.5 Å². The SMILES string of the molecule is CC[C@H]1OCCC[C@@H]1C(=O)N1CCC(N2CCCNC2=O)CC1. The number of carbonyl (C=O) groups excluding carboxylic acids is 2. The Balaban J connectivity index is 1.53. The third-order valence-corrected chi connectivity index (χ3v) is 5.49. The van der Waals surface area contributed by atoms with Gasteiger partial charge in [-0.15, -0.1) is 0 Å². The van der Waals surface area contributed by atoms with Gasteiger partial charge in [0.25, 0.3) is 0 Å². The summed E-state index contributed by atoms with van der Waals surface area (Å²) in [6.45, 7) is 6.04. The van der Waals surface area contributed by atoms with Crippen molar-refractivity contribution in [3.63, 3.8) is 0 Å². The number of rotatable bonds is 3. The van der Waals surface area contributed by atoms with Gasteiger partial charge in [0.15, 0.2) is 0 Å². The number of likely N-dealkylation sites (tertiary alicyclic amines) is 1. The Morgan fingerprint density at radius 1 is 1.22 bits per heavy atom. The van der Waals surface area contributed by atoms with E-state index < -0.39 is 0 Å². The Morgan fingerprint density at radius 3 is 2.70 bits per heavy atom. The second-order valence-corrected chi connectivity index (χ2v) is 6.90. The van der Waals surface area contributed by atoms with E-state index in [1.807, 2.05) is 9.80 Å². The van der Waals surface area contributed by atoms with Crippen LogP contribution >= 0.6 is 0 Å². The van der Waals surface area contributed by atoms with Crippen molar-refractivity contribution < 1.29 is 14.3 Å². The second kappa shape index (κ2) is 7.51. The first-order valence-corrected chi connectivity index (χ1v) is 9.15. The van der Waals surface area contributed by atoms with Crippen LogP contribution in [-0.4, -0.2) is 66.7 Å². The molecular weight excluding hydrogens is 294 g/mol. The monoisotopic (exact) mass is 323 g/mol. The van der Waals surface area contributed by atoms with E-state index in [1.54, 1.807) is 0 Å². The van der Waals surface area contributed by atoms with E-state index in [2.05, 4.69) is 12.2 Å². The zero-order valence-corrected chi connectivity index (χ0v) is 14.1. The number of nitrogens with zero attached hydrogens (tertiary/aromatic N) is 2. The van der Waals surface area contributed by atoms with Crippen molar-refractivity contribution in [2.75, 3.05) is 32.8 Å². The zero-order valence-electron chi connectivity index (χ0n) is 14.1. The minimum atomic E-state index is 0.0311. The highest BCUT2D eigenvalue weighted by atomic mass is 16.5. The molecule has 1 N–H and O–H groups in total. The number of piperidine rings is 1. The van der Waals surface area contributed by atoms with Crippen molar-refractivity contribution >= 4 is 11.9 Å². The summed E-state index contributed by atoms with van der Waals surface area (Å²) in [5.74, 6) is 0.293. The molecule has 0 radical (unpaired) electrons. The van der Waals surface area contributed by atoms with E-state index in [4.69, 9.17) is 4.74 Å². The molecule has 3 rings (SSSR count). The first-order chi connectivity index (χ1) is 11.2. The third kappa shape index (κ3) is 3.62. The average molecular weight is 323 g/mol. The van der Waals surface area contributed by atoms with Gasteiger partial charge in [-0.25, -0.2) is 4.79 Å². The lowest BCUT2D eigenvalue weighted by Gasteiger charge is -2.42. The van der Waals surface area contributed by atoms with Crippen LogP contribution in [0.5, 0.6) is 0 Å². The highest BCUT2D eigenvalue weighted by Crippen LogP contribution is 2.27. The van der Waals surface area contributed by atoms with Crippen LogP contribution in [0.25, 0.3) is 0 Å². The fourth-order valence-electron chi connectivity index (χ4n) is 4.15.